The Morgan fingerprint density at radius 2 is 2.24 bits per heavy atom. The fraction of sp³-hybridized carbons (Fsp3) is 0.300. The first-order valence-electron chi connectivity index (χ1n) is 4.88. The third kappa shape index (κ3) is 4.73. The molecule has 0 radical (unpaired) electrons. The van der Waals surface area contributed by atoms with Gasteiger partial charge in [-0.1, -0.05) is 0 Å². The zero-order valence-corrected chi connectivity index (χ0v) is 10.4. The van der Waals surface area contributed by atoms with Gasteiger partial charge in [-0.15, -0.1) is 0 Å². The molecule has 0 fully saturated rings. The topological polar surface area (TPSA) is 88.0 Å². The molecule has 2 N–H and O–H groups in total. The average molecular weight is 258 g/mol. The van der Waals surface area contributed by atoms with Crippen LogP contribution in [-0.2, 0) is 10.0 Å². The summed E-state index contributed by atoms with van der Waals surface area (Å²) in [4.78, 5) is 1.97. The van der Waals surface area contributed by atoms with Gasteiger partial charge in [0.2, 0.25) is 10.0 Å². The molecule has 0 aromatic heterocycles. The molecule has 7 heteroatoms. The van der Waals surface area contributed by atoms with Crippen LogP contribution < -0.4 is 9.57 Å². The van der Waals surface area contributed by atoms with Crippen LogP contribution >= 0.6 is 0 Å². The van der Waals surface area contributed by atoms with E-state index in [4.69, 9.17) is 4.74 Å². The van der Waals surface area contributed by atoms with Crippen molar-refractivity contribution in [2.45, 2.75) is 6.92 Å². The van der Waals surface area contributed by atoms with Gasteiger partial charge >= 0.3 is 0 Å². The Bertz CT molecular complexity index is 511. The van der Waals surface area contributed by atoms with E-state index in [1.807, 2.05) is 4.83 Å². The second-order valence-electron chi connectivity index (χ2n) is 3.28. The van der Waals surface area contributed by atoms with Crippen LogP contribution in [0.5, 0.6) is 11.5 Å². The number of hydrogen-bond acceptors (Lipinski definition) is 5. The minimum atomic E-state index is -3.35. The summed E-state index contributed by atoms with van der Waals surface area (Å²) in [6.07, 6.45) is 2.33. The van der Waals surface area contributed by atoms with Gasteiger partial charge in [0.15, 0.2) is 11.5 Å². The van der Waals surface area contributed by atoms with Crippen molar-refractivity contribution in [3.63, 3.8) is 0 Å². The molecule has 0 atom stereocenters. The van der Waals surface area contributed by atoms with Gasteiger partial charge in [0.05, 0.1) is 19.1 Å². The molecule has 0 heterocycles. The third-order valence-electron chi connectivity index (χ3n) is 1.72. The fourth-order valence-corrected chi connectivity index (χ4v) is 1.32. The number of phenols is 1. The van der Waals surface area contributed by atoms with E-state index >= 15 is 0 Å². The first-order valence-corrected chi connectivity index (χ1v) is 6.77. The summed E-state index contributed by atoms with van der Waals surface area (Å²) in [5.41, 5.74) is 0.613. The van der Waals surface area contributed by atoms with E-state index in [1.54, 1.807) is 19.1 Å². The average Bonchev–Trinajstić information content (AvgIpc) is 2.21. The first kappa shape index (κ1) is 13.3. The maximum atomic E-state index is 10.8. The Morgan fingerprint density at radius 3 is 2.82 bits per heavy atom. The molecule has 94 valence electrons. The molecule has 0 saturated carbocycles. The van der Waals surface area contributed by atoms with Gasteiger partial charge in [-0.2, -0.15) is 5.10 Å². The lowest BCUT2D eigenvalue weighted by Crippen LogP contribution is -2.15. The van der Waals surface area contributed by atoms with Crippen LogP contribution in [0.2, 0.25) is 0 Å². The summed E-state index contributed by atoms with van der Waals surface area (Å²) in [7, 11) is -3.35. The van der Waals surface area contributed by atoms with E-state index in [9.17, 15) is 13.5 Å². The number of nitrogens with one attached hydrogen (secondary N) is 1. The van der Waals surface area contributed by atoms with E-state index in [-0.39, 0.29) is 5.75 Å². The molecule has 0 aliphatic carbocycles. The van der Waals surface area contributed by atoms with E-state index in [0.717, 1.165) is 6.26 Å². The summed E-state index contributed by atoms with van der Waals surface area (Å²) >= 11 is 0. The molecular formula is C10H14N2O4S. The van der Waals surface area contributed by atoms with Crippen molar-refractivity contribution in [1.82, 2.24) is 4.83 Å². The Hall–Kier alpha value is -1.76. The maximum absolute atomic E-state index is 10.8. The SMILES string of the molecule is CCOc1cc(C=NNS(C)(=O)=O)ccc1O. The normalized spacial score (nSPS) is 11.6. The summed E-state index contributed by atoms with van der Waals surface area (Å²) in [5, 5.41) is 13.0. The number of sulfonamides is 1. The van der Waals surface area contributed by atoms with E-state index in [0.29, 0.717) is 17.9 Å². The largest absolute Gasteiger partial charge is 0.504 e. The van der Waals surface area contributed by atoms with Crippen molar-refractivity contribution < 1.29 is 18.3 Å². The van der Waals surface area contributed by atoms with Crippen molar-refractivity contribution in [3.8, 4) is 11.5 Å². The second-order valence-corrected chi connectivity index (χ2v) is 5.01. The highest BCUT2D eigenvalue weighted by atomic mass is 32.2. The molecule has 1 aromatic carbocycles. The summed E-state index contributed by atoms with van der Waals surface area (Å²) in [6.45, 7) is 2.22. The molecule has 0 amide bonds. The smallest absolute Gasteiger partial charge is 0.244 e. The Kier molecular flexibility index (Phi) is 4.33. The number of hydrazone groups is 1. The molecule has 0 aliphatic heterocycles. The van der Waals surface area contributed by atoms with Gasteiger partial charge in [-0.25, -0.2) is 13.2 Å². The van der Waals surface area contributed by atoms with Gasteiger partial charge in [-0.3, -0.25) is 0 Å². The van der Waals surface area contributed by atoms with Crippen LogP contribution in [0.4, 0.5) is 0 Å². The first-order chi connectivity index (χ1) is 7.92. The van der Waals surface area contributed by atoms with Crippen LogP contribution in [0.15, 0.2) is 23.3 Å². The number of benzene rings is 1. The van der Waals surface area contributed by atoms with Gasteiger partial charge in [0.1, 0.15) is 0 Å². The minimum absolute atomic E-state index is 0.0278. The van der Waals surface area contributed by atoms with Crippen molar-refractivity contribution in [1.29, 1.82) is 0 Å². The lowest BCUT2D eigenvalue weighted by Gasteiger charge is -2.05. The van der Waals surface area contributed by atoms with Crippen LogP contribution in [0.3, 0.4) is 0 Å². The highest BCUT2D eigenvalue weighted by molar-refractivity contribution is 7.88. The summed E-state index contributed by atoms with van der Waals surface area (Å²) in [5.74, 6) is 0.357. The number of ether oxygens (including phenoxy) is 1. The van der Waals surface area contributed by atoms with Gasteiger partial charge in [0, 0.05) is 0 Å². The van der Waals surface area contributed by atoms with E-state index < -0.39 is 10.0 Å². The predicted octanol–water partition coefficient (Wildman–Crippen LogP) is 0.674. The molecule has 1 aromatic rings. The summed E-state index contributed by atoms with van der Waals surface area (Å²) in [6, 6.07) is 4.60. The quantitative estimate of drug-likeness (QED) is 0.600. The predicted molar refractivity (Wildman–Crippen MR) is 64.8 cm³/mol. The molecule has 0 spiro atoms. The third-order valence-corrected chi connectivity index (χ3v) is 2.15. The van der Waals surface area contributed by atoms with Crippen molar-refractivity contribution in [2.75, 3.05) is 12.9 Å². The van der Waals surface area contributed by atoms with Gasteiger partial charge in [0.25, 0.3) is 0 Å². The molecular weight excluding hydrogens is 244 g/mol. The lowest BCUT2D eigenvalue weighted by molar-refractivity contribution is 0.318. The van der Waals surface area contributed by atoms with Crippen LogP contribution in [0.25, 0.3) is 0 Å². The monoisotopic (exact) mass is 258 g/mol. The Balaban J connectivity index is 2.82. The van der Waals surface area contributed by atoms with Crippen molar-refractivity contribution in [2.24, 2.45) is 5.10 Å². The summed E-state index contributed by atoms with van der Waals surface area (Å²) < 4.78 is 26.7. The lowest BCUT2D eigenvalue weighted by atomic mass is 10.2. The number of rotatable bonds is 5. The molecule has 0 aliphatic rings. The van der Waals surface area contributed by atoms with E-state index in [1.165, 1.54) is 12.3 Å². The highest BCUT2D eigenvalue weighted by Gasteiger charge is 2.02. The van der Waals surface area contributed by atoms with Gasteiger partial charge < -0.3 is 9.84 Å². The van der Waals surface area contributed by atoms with Crippen LogP contribution in [0, 0.1) is 0 Å². The van der Waals surface area contributed by atoms with Crippen molar-refractivity contribution >= 4 is 16.2 Å². The zero-order chi connectivity index (χ0) is 12.9. The van der Waals surface area contributed by atoms with Crippen molar-refractivity contribution in [3.05, 3.63) is 23.8 Å². The molecule has 0 bridgehead atoms. The molecule has 0 unspecified atom stereocenters. The number of phenolic OH excluding ortho intramolecular Hbond substituents is 1. The fourth-order valence-electron chi connectivity index (χ4n) is 1.08. The minimum Gasteiger partial charge on any atom is -0.504 e. The highest BCUT2D eigenvalue weighted by Crippen LogP contribution is 2.25. The number of nitrogens with zero attached hydrogens (tertiary/aromatic N) is 1. The standard InChI is InChI=1S/C10H14N2O4S/c1-3-16-10-6-8(4-5-9(10)13)7-11-12-17(2,14)15/h4-7,12-13H,3H2,1-2H3. The molecule has 6 nitrogen and oxygen atoms in total. The number of hydrogen-bond donors (Lipinski definition) is 2. The Labute approximate surface area is 100.0 Å². The molecule has 0 saturated heterocycles. The van der Waals surface area contributed by atoms with E-state index in [2.05, 4.69) is 5.10 Å². The second kappa shape index (κ2) is 5.53. The molecule has 1 rings (SSSR count). The Morgan fingerprint density at radius 1 is 1.53 bits per heavy atom. The zero-order valence-electron chi connectivity index (χ0n) is 9.54. The van der Waals surface area contributed by atoms with Crippen LogP contribution in [-0.4, -0.2) is 32.6 Å². The molecule has 17 heavy (non-hydrogen) atoms. The number of aromatic hydroxyl groups is 1. The maximum Gasteiger partial charge on any atom is 0.244 e. The van der Waals surface area contributed by atoms with Crippen LogP contribution in [0.1, 0.15) is 12.5 Å². The van der Waals surface area contributed by atoms with Gasteiger partial charge in [-0.05, 0) is 30.7 Å².